The number of alkyl carbamates (subject to hydrolysis) is 1. The Morgan fingerprint density at radius 3 is 2.55 bits per heavy atom. The maximum atomic E-state index is 13.4. The van der Waals surface area contributed by atoms with Gasteiger partial charge < -0.3 is 19.5 Å². The molecule has 216 valence electrons. The molecule has 1 aromatic carbocycles. The van der Waals surface area contributed by atoms with Crippen LogP contribution < -0.4 is 10.1 Å². The van der Waals surface area contributed by atoms with E-state index in [1.165, 1.54) is 0 Å². The summed E-state index contributed by atoms with van der Waals surface area (Å²) in [6, 6.07) is 11.4. The average Bonchev–Trinajstić information content (AvgIpc) is 3.23. The number of pyridine rings is 1. The summed E-state index contributed by atoms with van der Waals surface area (Å²) in [6.07, 6.45) is 3.23. The minimum absolute atomic E-state index is 0.0179. The molecule has 0 radical (unpaired) electrons. The molecule has 0 spiro atoms. The molecule has 0 saturated heterocycles. The number of imidazole rings is 1. The molecular weight excluding hydrogens is 510 g/mol. The predicted octanol–water partition coefficient (Wildman–Crippen LogP) is 5.85. The molecule has 3 heterocycles. The zero-order chi connectivity index (χ0) is 28.9. The molecular formula is C30H41N5O5. The Morgan fingerprint density at radius 1 is 1.05 bits per heavy atom. The summed E-state index contributed by atoms with van der Waals surface area (Å²) >= 11 is 0. The predicted molar refractivity (Wildman–Crippen MR) is 152 cm³/mol. The first-order valence-electron chi connectivity index (χ1n) is 13.9. The smallest absolute Gasteiger partial charge is 0.420 e. The van der Waals surface area contributed by atoms with Crippen LogP contribution in [0.1, 0.15) is 78.4 Å². The van der Waals surface area contributed by atoms with Crippen molar-refractivity contribution in [2.24, 2.45) is 0 Å². The molecule has 0 saturated carbocycles. The van der Waals surface area contributed by atoms with Gasteiger partial charge in [0, 0.05) is 19.2 Å². The standard InChI is InChI=1S/C30H41N5O5/c1-29(2,3)39-27(36)32-16-9-10-18-34(23-15-19-38-24-14-11-17-31-26(23)24)20-25-33-21-12-7-8-13-22(21)35(25)28(37)40-30(4,5)6/h7-8,11-14,17,23H,9-10,15-16,18-20H2,1-6H3,(H,32,36). The summed E-state index contributed by atoms with van der Waals surface area (Å²) in [4.78, 5) is 37.2. The number of fused-ring (bicyclic) bond motifs is 2. The molecule has 1 aliphatic heterocycles. The van der Waals surface area contributed by atoms with Gasteiger partial charge in [-0.1, -0.05) is 12.1 Å². The van der Waals surface area contributed by atoms with E-state index in [-0.39, 0.29) is 6.04 Å². The van der Waals surface area contributed by atoms with Crippen LogP contribution in [0.15, 0.2) is 42.6 Å². The topological polar surface area (TPSA) is 108 Å². The number of amides is 1. The van der Waals surface area contributed by atoms with Crippen LogP contribution in [0, 0.1) is 0 Å². The second-order valence-corrected chi connectivity index (χ2v) is 12.0. The SMILES string of the molecule is CC(C)(C)OC(=O)NCCCCN(Cc1nc2ccccc2n1C(=O)OC(C)(C)C)C1CCOc2cccnc21. The minimum Gasteiger partial charge on any atom is -0.492 e. The number of nitrogens with one attached hydrogen (secondary N) is 1. The van der Waals surface area contributed by atoms with Crippen LogP contribution in [0.25, 0.3) is 11.0 Å². The number of rotatable bonds is 8. The van der Waals surface area contributed by atoms with Crippen LogP contribution >= 0.6 is 0 Å². The summed E-state index contributed by atoms with van der Waals surface area (Å²) in [5.74, 6) is 1.38. The van der Waals surface area contributed by atoms with Gasteiger partial charge in [-0.05, 0) is 85.2 Å². The lowest BCUT2D eigenvalue weighted by Crippen LogP contribution is -2.36. The molecule has 2 aromatic heterocycles. The van der Waals surface area contributed by atoms with Crippen LogP contribution in [-0.4, -0.2) is 62.5 Å². The zero-order valence-electron chi connectivity index (χ0n) is 24.4. The second kappa shape index (κ2) is 12.2. The quantitative estimate of drug-likeness (QED) is 0.348. The van der Waals surface area contributed by atoms with Crippen molar-refractivity contribution >= 4 is 23.2 Å². The molecule has 1 N–H and O–H groups in total. The number of hydrogen-bond acceptors (Lipinski definition) is 8. The van der Waals surface area contributed by atoms with Gasteiger partial charge in [-0.3, -0.25) is 9.88 Å². The van der Waals surface area contributed by atoms with E-state index in [4.69, 9.17) is 19.2 Å². The summed E-state index contributed by atoms with van der Waals surface area (Å²) < 4.78 is 18.6. The van der Waals surface area contributed by atoms with E-state index >= 15 is 0 Å². The maximum absolute atomic E-state index is 13.4. The third-order valence-electron chi connectivity index (χ3n) is 6.30. The molecule has 0 bridgehead atoms. The number of unbranched alkanes of at least 4 members (excludes halogenated alkanes) is 1. The number of benzene rings is 1. The molecule has 0 fully saturated rings. The Labute approximate surface area is 236 Å². The van der Waals surface area contributed by atoms with Gasteiger partial charge in [0.2, 0.25) is 0 Å². The van der Waals surface area contributed by atoms with E-state index in [1.807, 2.05) is 77.9 Å². The van der Waals surface area contributed by atoms with Crippen LogP contribution in [0.2, 0.25) is 0 Å². The fourth-order valence-electron chi connectivity index (χ4n) is 4.71. The number of nitrogens with zero attached hydrogens (tertiary/aromatic N) is 4. The van der Waals surface area contributed by atoms with Gasteiger partial charge in [0.1, 0.15) is 22.8 Å². The molecule has 10 nitrogen and oxygen atoms in total. The molecule has 0 aliphatic carbocycles. The lowest BCUT2D eigenvalue weighted by atomic mass is 10.0. The van der Waals surface area contributed by atoms with Crippen LogP contribution in [-0.2, 0) is 16.0 Å². The summed E-state index contributed by atoms with van der Waals surface area (Å²) in [5, 5.41) is 2.83. The van der Waals surface area contributed by atoms with Gasteiger partial charge in [0.25, 0.3) is 0 Å². The Kier molecular flexibility index (Phi) is 8.98. The van der Waals surface area contributed by atoms with Crippen molar-refractivity contribution in [2.45, 2.75) is 84.6 Å². The highest BCUT2D eigenvalue weighted by Crippen LogP contribution is 2.35. The van der Waals surface area contributed by atoms with Crippen LogP contribution in [0.5, 0.6) is 5.75 Å². The Balaban J connectivity index is 1.57. The molecule has 3 aromatic rings. The molecule has 10 heteroatoms. The number of carbonyl (C=O) groups is 2. The van der Waals surface area contributed by atoms with E-state index in [1.54, 1.807) is 10.8 Å². The highest BCUT2D eigenvalue weighted by Gasteiger charge is 2.31. The first-order valence-corrected chi connectivity index (χ1v) is 13.9. The number of carbonyl (C=O) groups excluding carboxylic acids is 2. The lowest BCUT2D eigenvalue weighted by Gasteiger charge is -2.34. The Morgan fingerprint density at radius 2 is 1.80 bits per heavy atom. The summed E-state index contributed by atoms with van der Waals surface area (Å²) in [7, 11) is 0. The molecule has 1 unspecified atom stereocenters. The Bertz CT molecular complexity index is 1320. The molecule has 1 aliphatic rings. The zero-order valence-corrected chi connectivity index (χ0v) is 24.4. The van der Waals surface area contributed by atoms with Crippen LogP contribution in [0.4, 0.5) is 9.59 Å². The highest BCUT2D eigenvalue weighted by molar-refractivity contribution is 5.87. The normalized spacial score (nSPS) is 15.4. The van der Waals surface area contributed by atoms with Crippen molar-refractivity contribution in [3.8, 4) is 5.75 Å². The molecule has 40 heavy (non-hydrogen) atoms. The Hall–Kier alpha value is -3.66. The van der Waals surface area contributed by atoms with Gasteiger partial charge in [-0.15, -0.1) is 0 Å². The van der Waals surface area contributed by atoms with Crippen LogP contribution in [0.3, 0.4) is 0 Å². The summed E-state index contributed by atoms with van der Waals surface area (Å²) in [6.45, 7) is 13.3. The van der Waals surface area contributed by atoms with Gasteiger partial charge in [-0.2, -0.15) is 0 Å². The molecule has 1 amide bonds. The average molecular weight is 552 g/mol. The molecule has 4 rings (SSSR count). The van der Waals surface area contributed by atoms with Crippen molar-refractivity contribution in [3.05, 3.63) is 54.1 Å². The number of para-hydroxylation sites is 2. The van der Waals surface area contributed by atoms with Gasteiger partial charge >= 0.3 is 12.2 Å². The first-order chi connectivity index (χ1) is 18.9. The maximum Gasteiger partial charge on any atom is 0.420 e. The van der Waals surface area contributed by atoms with Crippen molar-refractivity contribution in [1.82, 2.24) is 24.8 Å². The van der Waals surface area contributed by atoms with Gasteiger partial charge in [0.05, 0.1) is 35.9 Å². The lowest BCUT2D eigenvalue weighted by molar-refractivity contribution is 0.0519. The molecule has 1 atom stereocenters. The van der Waals surface area contributed by atoms with Crippen molar-refractivity contribution < 1.29 is 23.8 Å². The van der Waals surface area contributed by atoms with E-state index in [9.17, 15) is 9.59 Å². The van der Waals surface area contributed by atoms with E-state index in [2.05, 4.69) is 15.2 Å². The van der Waals surface area contributed by atoms with Gasteiger partial charge in [0.15, 0.2) is 0 Å². The number of ether oxygens (including phenoxy) is 3. The minimum atomic E-state index is -0.649. The monoisotopic (exact) mass is 551 g/mol. The fraction of sp³-hybridized carbons (Fsp3) is 0.533. The first kappa shape index (κ1) is 29.3. The highest BCUT2D eigenvalue weighted by atomic mass is 16.6. The number of hydrogen-bond donors (Lipinski definition) is 1. The summed E-state index contributed by atoms with van der Waals surface area (Å²) in [5.41, 5.74) is 1.13. The largest absolute Gasteiger partial charge is 0.492 e. The van der Waals surface area contributed by atoms with Gasteiger partial charge in [-0.25, -0.2) is 19.1 Å². The third kappa shape index (κ3) is 7.71. The third-order valence-corrected chi connectivity index (χ3v) is 6.30. The van der Waals surface area contributed by atoms with E-state index in [0.29, 0.717) is 37.6 Å². The second-order valence-electron chi connectivity index (χ2n) is 12.0. The fourth-order valence-corrected chi connectivity index (χ4v) is 4.71. The number of aromatic nitrogens is 3. The van der Waals surface area contributed by atoms with Crippen molar-refractivity contribution in [1.29, 1.82) is 0 Å². The van der Waals surface area contributed by atoms with Crippen molar-refractivity contribution in [3.63, 3.8) is 0 Å². The van der Waals surface area contributed by atoms with E-state index < -0.39 is 23.4 Å². The van der Waals surface area contributed by atoms with E-state index in [0.717, 1.165) is 36.2 Å². The van der Waals surface area contributed by atoms with Crippen molar-refractivity contribution in [2.75, 3.05) is 19.7 Å².